The van der Waals surface area contributed by atoms with E-state index in [1.54, 1.807) is 13.2 Å². The fourth-order valence-electron chi connectivity index (χ4n) is 2.36. The monoisotopic (exact) mass is 267 g/mol. The van der Waals surface area contributed by atoms with Crippen LogP contribution in [-0.4, -0.2) is 60.2 Å². The Balaban J connectivity index is 2.10. The third-order valence-corrected chi connectivity index (χ3v) is 3.90. The van der Waals surface area contributed by atoms with Gasteiger partial charge < -0.3 is 14.2 Å². The Morgan fingerprint density at radius 1 is 1.47 bits per heavy atom. The van der Waals surface area contributed by atoms with E-state index in [0.717, 1.165) is 6.54 Å². The first kappa shape index (κ1) is 14.0. The number of hydrogen-bond acceptors (Lipinski definition) is 5. The van der Waals surface area contributed by atoms with E-state index >= 15 is 0 Å². The SMILES string of the molecule is COCc1cc(C(=O)N2CCN(C)[C@H](C)[C@@H]2C)no1. The third-order valence-electron chi connectivity index (χ3n) is 3.90. The van der Waals surface area contributed by atoms with Crippen molar-refractivity contribution in [3.63, 3.8) is 0 Å². The lowest BCUT2D eigenvalue weighted by Gasteiger charge is -2.43. The van der Waals surface area contributed by atoms with Gasteiger partial charge in [0.2, 0.25) is 0 Å². The molecule has 19 heavy (non-hydrogen) atoms. The lowest BCUT2D eigenvalue weighted by atomic mass is 10.0. The first-order valence-electron chi connectivity index (χ1n) is 6.50. The molecule has 1 aliphatic heterocycles. The number of nitrogens with zero attached hydrogens (tertiary/aromatic N) is 3. The molecule has 0 radical (unpaired) electrons. The number of amides is 1. The third kappa shape index (κ3) is 2.79. The van der Waals surface area contributed by atoms with Crippen LogP contribution >= 0.6 is 0 Å². The van der Waals surface area contributed by atoms with Crippen molar-refractivity contribution >= 4 is 5.91 Å². The zero-order chi connectivity index (χ0) is 14.0. The number of hydrogen-bond donors (Lipinski definition) is 0. The van der Waals surface area contributed by atoms with E-state index in [0.29, 0.717) is 30.6 Å². The summed E-state index contributed by atoms with van der Waals surface area (Å²) in [5.41, 5.74) is 0.357. The van der Waals surface area contributed by atoms with Crippen LogP contribution in [0.2, 0.25) is 0 Å². The maximum atomic E-state index is 12.4. The van der Waals surface area contributed by atoms with Crippen molar-refractivity contribution in [3.05, 3.63) is 17.5 Å². The number of carbonyl (C=O) groups is 1. The van der Waals surface area contributed by atoms with Crippen LogP contribution in [0.4, 0.5) is 0 Å². The zero-order valence-electron chi connectivity index (χ0n) is 11.9. The summed E-state index contributed by atoms with van der Waals surface area (Å²) >= 11 is 0. The van der Waals surface area contributed by atoms with E-state index in [1.165, 1.54) is 0 Å². The van der Waals surface area contributed by atoms with Crippen LogP contribution in [-0.2, 0) is 11.3 Å². The maximum Gasteiger partial charge on any atom is 0.276 e. The van der Waals surface area contributed by atoms with Crippen LogP contribution in [0.1, 0.15) is 30.1 Å². The normalized spacial score (nSPS) is 24.7. The van der Waals surface area contributed by atoms with Gasteiger partial charge in [-0.3, -0.25) is 9.69 Å². The topological polar surface area (TPSA) is 58.8 Å². The molecule has 2 heterocycles. The number of likely N-dealkylation sites (N-methyl/N-ethyl adjacent to an activating group) is 1. The first-order valence-corrected chi connectivity index (χ1v) is 6.50. The molecule has 2 rings (SSSR count). The first-order chi connectivity index (χ1) is 9.04. The van der Waals surface area contributed by atoms with Crippen LogP contribution in [0.3, 0.4) is 0 Å². The quantitative estimate of drug-likeness (QED) is 0.817. The number of aromatic nitrogens is 1. The molecule has 1 fully saturated rings. The minimum Gasteiger partial charge on any atom is -0.377 e. The van der Waals surface area contributed by atoms with Gasteiger partial charge in [-0.05, 0) is 20.9 Å². The maximum absolute atomic E-state index is 12.4. The van der Waals surface area contributed by atoms with E-state index in [4.69, 9.17) is 9.26 Å². The van der Waals surface area contributed by atoms with Crippen molar-refractivity contribution in [2.75, 3.05) is 27.2 Å². The molecule has 0 aromatic carbocycles. The second kappa shape index (κ2) is 5.71. The second-order valence-electron chi connectivity index (χ2n) is 5.07. The predicted molar refractivity (Wildman–Crippen MR) is 69.8 cm³/mol. The summed E-state index contributed by atoms with van der Waals surface area (Å²) in [6.45, 7) is 6.11. The van der Waals surface area contributed by atoms with Gasteiger partial charge in [-0.1, -0.05) is 5.16 Å². The van der Waals surface area contributed by atoms with Crippen molar-refractivity contribution in [1.29, 1.82) is 0 Å². The molecular formula is C13H21N3O3. The molecule has 106 valence electrons. The average Bonchev–Trinajstić information content (AvgIpc) is 2.85. The summed E-state index contributed by atoms with van der Waals surface area (Å²) in [5, 5.41) is 3.83. The molecule has 1 aromatic heterocycles. The van der Waals surface area contributed by atoms with Crippen LogP contribution in [0.15, 0.2) is 10.6 Å². The highest BCUT2D eigenvalue weighted by atomic mass is 16.5. The Labute approximate surface area is 113 Å². The van der Waals surface area contributed by atoms with Crippen molar-refractivity contribution in [3.8, 4) is 0 Å². The lowest BCUT2D eigenvalue weighted by Crippen LogP contribution is -2.57. The largest absolute Gasteiger partial charge is 0.377 e. The Hall–Kier alpha value is -1.40. The average molecular weight is 267 g/mol. The number of ether oxygens (including phenoxy) is 1. The molecule has 6 nitrogen and oxygen atoms in total. The standard InChI is InChI=1S/C13H21N3O3/c1-9-10(2)16(6-5-15(9)3)13(17)12-7-11(8-18-4)19-14-12/h7,9-10H,5-6,8H2,1-4H3/t9-,10+/m1/s1. The Morgan fingerprint density at radius 3 is 2.89 bits per heavy atom. The van der Waals surface area contributed by atoms with Crippen molar-refractivity contribution < 1.29 is 14.1 Å². The fraction of sp³-hybridized carbons (Fsp3) is 0.692. The van der Waals surface area contributed by atoms with Gasteiger partial charge in [0.15, 0.2) is 11.5 Å². The molecule has 0 saturated carbocycles. The number of methoxy groups -OCH3 is 1. The molecule has 0 aliphatic carbocycles. The molecule has 1 amide bonds. The summed E-state index contributed by atoms with van der Waals surface area (Å²) in [6.07, 6.45) is 0. The molecule has 0 unspecified atom stereocenters. The molecule has 1 saturated heterocycles. The smallest absolute Gasteiger partial charge is 0.276 e. The van der Waals surface area contributed by atoms with Gasteiger partial charge in [-0.25, -0.2) is 0 Å². The van der Waals surface area contributed by atoms with Gasteiger partial charge in [0.1, 0.15) is 6.61 Å². The van der Waals surface area contributed by atoms with Gasteiger partial charge in [-0.2, -0.15) is 0 Å². The molecule has 6 heteroatoms. The summed E-state index contributed by atoms with van der Waals surface area (Å²) in [7, 11) is 3.66. The van der Waals surface area contributed by atoms with Gasteiger partial charge >= 0.3 is 0 Å². The summed E-state index contributed by atoms with van der Waals surface area (Å²) in [6, 6.07) is 2.15. The highest BCUT2D eigenvalue weighted by Crippen LogP contribution is 2.18. The van der Waals surface area contributed by atoms with E-state index in [9.17, 15) is 4.79 Å². The lowest BCUT2D eigenvalue weighted by molar-refractivity contribution is 0.0355. The predicted octanol–water partition coefficient (Wildman–Crippen LogP) is 0.986. The molecular weight excluding hydrogens is 246 g/mol. The molecule has 1 aromatic rings. The second-order valence-corrected chi connectivity index (χ2v) is 5.07. The number of piperazine rings is 1. The fourth-order valence-corrected chi connectivity index (χ4v) is 2.36. The molecule has 2 atom stereocenters. The van der Waals surface area contributed by atoms with Gasteiger partial charge in [0.25, 0.3) is 5.91 Å². The summed E-state index contributed by atoms with van der Waals surface area (Å²) in [4.78, 5) is 16.5. The van der Waals surface area contributed by atoms with E-state index in [2.05, 4.69) is 31.0 Å². The molecule has 0 bridgehead atoms. The highest BCUT2D eigenvalue weighted by molar-refractivity contribution is 5.92. The van der Waals surface area contributed by atoms with Crippen molar-refractivity contribution in [2.45, 2.75) is 32.5 Å². The molecule has 0 spiro atoms. The van der Waals surface area contributed by atoms with Gasteiger partial charge in [0.05, 0.1) is 0 Å². The van der Waals surface area contributed by atoms with Crippen LogP contribution in [0, 0.1) is 0 Å². The summed E-state index contributed by atoms with van der Waals surface area (Å²) < 4.78 is 10.0. The van der Waals surface area contributed by atoms with E-state index in [-0.39, 0.29) is 11.9 Å². The highest BCUT2D eigenvalue weighted by Gasteiger charge is 2.33. The minimum absolute atomic E-state index is 0.0708. The van der Waals surface area contributed by atoms with Crippen molar-refractivity contribution in [2.24, 2.45) is 0 Å². The van der Waals surface area contributed by atoms with E-state index < -0.39 is 0 Å². The van der Waals surface area contributed by atoms with Crippen LogP contribution in [0.25, 0.3) is 0 Å². The minimum atomic E-state index is -0.0708. The van der Waals surface area contributed by atoms with Crippen molar-refractivity contribution in [1.82, 2.24) is 15.0 Å². The Bertz CT molecular complexity index is 446. The number of rotatable bonds is 3. The molecule has 0 N–H and O–H groups in total. The van der Waals surface area contributed by atoms with Crippen LogP contribution in [0.5, 0.6) is 0 Å². The summed E-state index contributed by atoms with van der Waals surface area (Å²) in [5.74, 6) is 0.499. The zero-order valence-corrected chi connectivity index (χ0v) is 11.9. The van der Waals surface area contributed by atoms with E-state index in [1.807, 2.05) is 4.90 Å². The van der Waals surface area contributed by atoms with Gasteiger partial charge in [0, 0.05) is 38.3 Å². The van der Waals surface area contributed by atoms with Gasteiger partial charge in [-0.15, -0.1) is 0 Å². The Kier molecular flexibility index (Phi) is 4.21. The number of carbonyl (C=O) groups excluding carboxylic acids is 1. The molecule has 1 aliphatic rings. The van der Waals surface area contributed by atoms with Crippen LogP contribution < -0.4 is 0 Å². The Morgan fingerprint density at radius 2 is 2.21 bits per heavy atom.